The van der Waals surface area contributed by atoms with Crippen LogP contribution in [0.1, 0.15) is 63.9 Å². The van der Waals surface area contributed by atoms with E-state index in [1.807, 2.05) is 46.8 Å². The van der Waals surface area contributed by atoms with Gasteiger partial charge in [0.25, 0.3) is 5.91 Å². The Hall–Kier alpha value is -3.32. The topological polar surface area (TPSA) is 68.1 Å². The van der Waals surface area contributed by atoms with Gasteiger partial charge in [-0.3, -0.25) is 9.59 Å². The van der Waals surface area contributed by atoms with E-state index in [1.165, 1.54) is 4.88 Å². The number of rotatable bonds is 5. The number of likely N-dealkylation sites (tertiary alicyclic amines) is 1. The van der Waals surface area contributed by atoms with Crippen molar-refractivity contribution in [2.45, 2.75) is 46.6 Å². The Bertz CT molecular complexity index is 1390. The van der Waals surface area contributed by atoms with Gasteiger partial charge in [0.1, 0.15) is 0 Å². The molecule has 6 nitrogen and oxygen atoms in total. The lowest BCUT2D eigenvalue weighted by Gasteiger charge is -2.31. The highest BCUT2D eigenvalue weighted by atomic mass is 32.1. The van der Waals surface area contributed by atoms with Crippen LogP contribution in [0.5, 0.6) is 0 Å². The van der Waals surface area contributed by atoms with Crippen molar-refractivity contribution >= 4 is 34.1 Å². The van der Waals surface area contributed by atoms with Crippen molar-refractivity contribution in [2.24, 2.45) is 5.92 Å². The fraction of sp³-hybridized carbons (Fsp3) is 0.357. The van der Waals surface area contributed by atoms with Gasteiger partial charge in [0.05, 0.1) is 27.7 Å². The molecule has 180 valence electrons. The second-order valence-electron chi connectivity index (χ2n) is 9.68. The fourth-order valence-electron chi connectivity index (χ4n) is 4.74. The van der Waals surface area contributed by atoms with E-state index >= 15 is 0 Å². The smallest absolute Gasteiger partial charge is 0.254 e. The highest BCUT2D eigenvalue weighted by Gasteiger charge is 2.30. The lowest BCUT2D eigenvalue weighted by Crippen LogP contribution is -2.40. The first kappa shape index (κ1) is 23.4. The molecule has 0 atom stereocenters. The number of carbonyl (C=O) groups is 2. The number of ketones is 1. The van der Waals surface area contributed by atoms with Crippen molar-refractivity contribution in [3.05, 3.63) is 70.2 Å². The van der Waals surface area contributed by atoms with Crippen LogP contribution in [0.25, 0.3) is 21.6 Å². The number of fused-ring (bicyclic) bond motifs is 1. The van der Waals surface area contributed by atoms with Crippen LogP contribution in [0.3, 0.4) is 0 Å². The molecule has 0 aliphatic carbocycles. The standard InChI is InChI=1S/C28H30N4O2S/c1-17(2)32-27-23(16-29-32)22(15-24(30-27)25-10-7-19(4)35-25)28(34)31-13-11-21(12-14-31)26(33)20-8-5-18(3)6-9-20/h5-10,15-17,21H,11-14H2,1-4H3. The minimum absolute atomic E-state index is 0.0172. The first-order valence-electron chi connectivity index (χ1n) is 12.2. The Balaban J connectivity index is 1.41. The van der Waals surface area contributed by atoms with Gasteiger partial charge in [-0.2, -0.15) is 5.10 Å². The maximum Gasteiger partial charge on any atom is 0.254 e. The van der Waals surface area contributed by atoms with Gasteiger partial charge in [0, 0.05) is 35.5 Å². The van der Waals surface area contributed by atoms with Gasteiger partial charge < -0.3 is 4.90 Å². The van der Waals surface area contributed by atoms with Crippen molar-refractivity contribution in [3.63, 3.8) is 0 Å². The molecule has 4 heterocycles. The second-order valence-corrected chi connectivity index (χ2v) is 11.0. The van der Waals surface area contributed by atoms with Crippen LogP contribution in [-0.4, -0.2) is 44.4 Å². The van der Waals surface area contributed by atoms with Gasteiger partial charge in [-0.15, -0.1) is 11.3 Å². The van der Waals surface area contributed by atoms with Gasteiger partial charge in [0.2, 0.25) is 0 Å². The highest BCUT2D eigenvalue weighted by Crippen LogP contribution is 2.32. The Labute approximate surface area is 209 Å². The van der Waals surface area contributed by atoms with Crippen LogP contribution >= 0.6 is 11.3 Å². The molecule has 4 aromatic rings. The highest BCUT2D eigenvalue weighted by molar-refractivity contribution is 7.15. The Morgan fingerprint density at radius 1 is 1.03 bits per heavy atom. The summed E-state index contributed by atoms with van der Waals surface area (Å²) >= 11 is 1.67. The lowest BCUT2D eigenvalue weighted by molar-refractivity contribution is 0.0652. The molecular formula is C28H30N4O2S. The number of thiophene rings is 1. The van der Waals surface area contributed by atoms with Crippen LogP contribution in [0.15, 0.2) is 48.7 Å². The quantitative estimate of drug-likeness (QED) is 0.320. The Kier molecular flexibility index (Phi) is 6.28. The number of carbonyl (C=O) groups excluding carboxylic acids is 2. The molecule has 1 aliphatic rings. The number of amides is 1. The molecule has 5 rings (SSSR count). The number of nitrogens with zero attached hydrogens (tertiary/aromatic N) is 4. The lowest BCUT2D eigenvalue weighted by atomic mass is 9.88. The zero-order chi connectivity index (χ0) is 24.7. The van der Waals surface area contributed by atoms with Crippen LogP contribution in [0.2, 0.25) is 0 Å². The van der Waals surface area contributed by atoms with Gasteiger partial charge >= 0.3 is 0 Å². The van der Waals surface area contributed by atoms with Crippen molar-refractivity contribution in [1.29, 1.82) is 0 Å². The fourth-order valence-corrected chi connectivity index (χ4v) is 5.57. The van der Waals surface area contributed by atoms with E-state index in [9.17, 15) is 9.59 Å². The van der Waals surface area contributed by atoms with E-state index in [2.05, 4.69) is 38.0 Å². The summed E-state index contributed by atoms with van der Waals surface area (Å²) in [5.41, 5.74) is 4.06. The molecule has 1 amide bonds. The predicted octanol–water partition coefficient (Wildman–Crippen LogP) is 6.09. The van der Waals surface area contributed by atoms with Gasteiger partial charge in [-0.1, -0.05) is 29.8 Å². The number of aryl methyl sites for hydroxylation is 2. The molecule has 1 aliphatic heterocycles. The van der Waals surface area contributed by atoms with Gasteiger partial charge in [-0.05, 0) is 58.7 Å². The average molecular weight is 487 g/mol. The zero-order valence-electron chi connectivity index (χ0n) is 20.6. The first-order valence-corrected chi connectivity index (χ1v) is 13.0. The molecule has 0 saturated carbocycles. The average Bonchev–Trinajstić information content (AvgIpc) is 3.49. The zero-order valence-corrected chi connectivity index (χ0v) is 21.4. The van der Waals surface area contributed by atoms with E-state index in [1.54, 1.807) is 17.5 Å². The third-order valence-electron chi connectivity index (χ3n) is 6.77. The molecule has 0 spiro atoms. The number of aromatic nitrogens is 3. The summed E-state index contributed by atoms with van der Waals surface area (Å²) in [5, 5.41) is 5.32. The number of hydrogen-bond acceptors (Lipinski definition) is 5. The van der Waals surface area contributed by atoms with E-state index < -0.39 is 0 Å². The summed E-state index contributed by atoms with van der Waals surface area (Å²) in [5.74, 6) is 0.112. The normalized spacial score (nSPS) is 14.7. The van der Waals surface area contributed by atoms with Crippen LogP contribution in [-0.2, 0) is 0 Å². The maximum absolute atomic E-state index is 13.7. The third kappa shape index (κ3) is 4.52. The van der Waals surface area contributed by atoms with Crippen LogP contribution < -0.4 is 0 Å². The van der Waals surface area contributed by atoms with Crippen molar-refractivity contribution in [2.75, 3.05) is 13.1 Å². The van der Waals surface area contributed by atoms with Crippen molar-refractivity contribution in [1.82, 2.24) is 19.7 Å². The summed E-state index contributed by atoms with van der Waals surface area (Å²) in [6.45, 7) is 9.34. The van der Waals surface area contributed by atoms with E-state index in [0.29, 0.717) is 31.5 Å². The largest absolute Gasteiger partial charge is 0.339 e. The number of piperidine rings is 1. The monoisotopic (exact) mass is 486 g/mol. The molecule has 0 unspecified atom stereocenters. The molecule has 3 aromatic heterocycles. The molecule has 0 bridgehead atoms. The van der Waals surface area contributed by atoms with Gasteiger partial charge in [0.15, 0.2) is 11.4 Å². The van der Waals surface area contributed by atoms with Crippen LogP contribution in [0.4, 0.5) is 0 Å². The molecule has 7 heteroatoms. The van der Waals surface area contributed by atoms with Crippen molar-refractivity contribution < 1.29 is 9.59 Å². The molecule has 0 radical (unpaired) electrons. The van der Waals surface area contributed by atoms with Crippen molar-refractivity contribution in [3.8, 4) is 10.6 Å². The summed E-state index contributed by atoms with van der Waals surface area (Å²) in [6.07, 6.45) is 3.11. The van der Waals surface area contributed by atoms with Gasteiger partial charge in [-0.25, -0.2) is 9.67 Å². The van der Waals surface area contributed by atoms with E-state index in [4.69, 9.17) is 4.98 Å². The maximum atomic E-state index is 13.7. The van der Waals surface area contributed by atoms with E-state index in [0.717, 1.165) is 32.7 Å². The first-order chi connectivity index (χ1) is 16.8. The molecular weight excluding hydrogens is 456 g/mol. The molecule has 1 saturated heterocycles. The number of pyridine rings is 1. The molecule has 0 N–H and O–H groups in total. The number of benzene rings is 1. The SMILES string of the molecule is Cc1ccc(C(=O)C2CCN(C(=O)c3cc(-c4ccc(C)s4)nc4c3cnn4C(C)C)CC2)cc1. The minimum atomic E-state index is -0.0486. The third-order valence-corrected chi connectivity index (χ3v) is 7.79. The number of hydrogen-bond donors (Lipinski definition) is 0. The summed E-state index contributed by atoms with van der Waals surface area (Å²) in [7, 11) is 0. The minimum Gasteiger partial charge on any atom is -0.339 e. The number of Topliss-reactive ketones (excluding diaryl/α,β-unsaturated/α-hetero) is 1. The second kappa shape index (κ2) is 9.38. The summed E-state index contributed by atoms with van der Waals surface area (Å²) in [6, 6.07) is 13.9. The summed E-state index contributed by atoms with van der Waals surface area (Å²) < 4.78 is 1.88. The van der Waals surface area contributed by atoms with E-state index in [-0.39, 0.29) is 23.7 Å². The Morgan fingerprint density at radius 2 is 1.74 bits per heavy atom. The molecule has 35 heavy (non-hydrogen) atoms. The predicted molar refractivity (Wildman–Crippen MR) is 140 cm³/mol. The molecule has 1 fully saturated rings. The Morgan fingerprint density at radius 3 is 2.37 bits per heavy atom. The van der Waals surface area contributed by atoms with Crippen LogP contribution in [0, 0.1) is 19.8 Å². The molecule has 1 aromatic carbocycles. The summed E-state index contributed by atoms with van der Waals surface area (Å²) in [4.78, 5) is 35.7.